The van der Waals surface area contributed by atoms with Crippen LogP contribution in [0.3, 0.4) is 0 Å². The summed E-state index contributed by atoms with van der Waals surface area (Å²) in [7, 11) is 0. The predicted octanol–water partition coefficient (Wildman–Crippen LogP) is 4.28. The summed E-state index contributed by atoms with van der Waals surface area (Å²) in [6.07, 6.45) is 2.91. The maximum absolute atomic E-state index is 14.2. The second-order valence-corrected chi connectivity index (χ2v) is 9.74. The zero-order valence-electron chi connectivity index (χ0n) is 19.5. The molecule has 1 aromatic heterocycles. The largest absolute Gasteiger partial charge is 0.480 e. The van der Waals surface area contributed by atoms with Gasteiger partial charge in [-0.15, -0.1) is 23.7 Å². The van der Waals surface area contributed by atoms with Crippen LogP contribution in [0.2, 0.25) is 0 Å². The first kappa shape index (κ1) is 28.3. The number of thiophene rings is 1. The van der Waals surface area contributed by atoms with E-state index in [4.69, 9.17) is 15.9 Å². The van der Waals surface area contributed by atoms with Crippen molar-refractivity contribution in [3.63, 3.8) is 0 Å². The molecule has 1 saturated carbocycles. The Morgan fingerprint density at radius 2 is 1.89 bits per heavy atom. The molecule has 0 bridgehead atoms. The van der Waals surface area contributed by atoms with Crippen LogP contribution < -0.4 is 15.8 Å². The Morgan fingerprint density at radius 3 is 2.37 bits per heavy atom. The minimum atomic E-state index is -1.20. The average molecular weight is 526 g/mol. The predicted molar refractivity (Wildman–Crippen MR) is 133 cm³/mol. The third-order valence-electron chi connectivity index (χ3n) is 6.63. The number of ether oxygens (including phenoxy) is 1. The molecule has 0 aliphatic heterocycles. The number of carbonyl (C=O) groups is 3. The van der Waals surface area contributed by atoms with E-state index in [9.17, 15) is 23.9 Å². The Labute approximate surface area is 213 Å². The van der Waals surface area contributed by atoms with E-state index in [1.165, 1.54) is 12.1 Å². The minimum absolute atomic E-state index is 0. The number of nitrogen functional groups attached to an aromatic ring is 1. The van der Waals surface area contributed by atoms with Crippen molar-refractivity contribution in [1.29, 1.82) is 5.41 Å². The number of rotatable bonds is 10. The molecule has 1 heterocycles. The van der Waals surface area contributed by atoms with E-state index < -0.39 is 28.7 Å². The van der Waals surface area contributed by atoms with Gasteiger partial charge in [0.15, 0.2) is 11.6 Å². The van der Waals surface area contributed by atoms with Crippen molar-refractivity contribution in [1.82, 2.24) is 5.32 Å². The number of benzene rings is 1. The van der Waals surface area contributed by atoms with Crippen molar-refractivity contribution >= 4 is 47.4 Å². The van der Waals surface area contributed by atoms with Gasteiger partial charge in [0.2, 0.25) is 5.91 Å². The number of hydrogen-bond donors (Lipinski definition) is 4. The second kappa shape index (κ2) is 11.2. The topological polar surface area (TPSA) is 143 Å². The number of nitrogens with one attached hydrogen (secondary N) is 2. The zero-order chi connectivity index (χ0) is 25.1. The molecular weight excluding hydrogens is 497 g/mol. The Bertz CT molecular complexity index is 1130. The molecule has 2 aromatic rings. The quantitative estimate of drug-likeness (QED) is 0.158. The Hall–Kier alpha value is -2.98. The molecule has 1 amide bonds. The highest BCUT2D eigenvalue weighted by molar-refractivity contribution is 7.14. The lowest BCUT2D eigenvalue weighted by atomic mass is 9.73. The summed E-state index contributed by atoms with van der Waals surface area (Å²) in [5.74, 6) is -3.45. The average Bonchev–Trinajstić information content (AvgIpc) is 3.24. The number of carboxylic acid groups (broad SMARTS) is 1. The van der Waals surface area contributed by atoms with E-state index in [1.807, 2.05) is 13.8 Å². The second-order valence-electron chi connectivity index (χ2n) is 8.57. The molecule has 11 heteroatoms. The SMILES string of the molecule is CCC(CC)(Cc1ccc(C(=O)Oc2ccc(C(=N)N)cc2F)s1)C(=O)NC1(C(=O)O)CCC1.Cl. The third kappa shape index (κ3) is 5.82. The van der Waals surface area contributed by atoms with Gasteiger partial charge >= 0.3 is 11.9 Å². The standard InChI is InChI=1S/C24H28FN3O5S.ClH/c1-3-23(4-2,21(30)28-24(22(31)32)10-5-11-24)13-15-7-9-18(34-15)20(29)33-17-8-6-14(19(26)27)12-16(17)25;/h6-9,12H,3-5,10-11,13H2,1-2H3,(H3,26,27)(H,28,30)(H,31,32);1H. The van der Waals surface area contributed by atoms with Gasteiger partial charge in [-0.2, -0.15) is 0 Å². The highest BCUT2D eigenvalue weighted by atomic mass is 35.5. The van der Waals surface area contributed by atoms with Crippen LogP contribution in [0.5, 0.6) is 5.75 Å². The molecule has 5 N–H and O–H groups in total. The van der Waals surface area contributed by atoms with Crippen LogP contribution in [0, 0.1) is 16.6 Å². The van der Waals surface area contributed by atoms with Crippen molar-refractivity contribution in [3.05, 3.63) is 51.5 Å². The zero-order valence-corrected chi connectivity index (χ0v) is 21.1. The van der Waals surface area contributed by atoms with Gasteiger partial charge in [0.1, 0.15) is 16.3 Å². The van der Waals surface area contributed by atoms with E-state index in [1.54, 1.807) is 12.1 Å². The number of carbonyl (C=O) groups excluding carboxylic acids is 2. The maximum Gasteiger partial charge on any atom is 0.353 e. The summed E-state index contributed by atoms with van der Waals surface area (Å²) in [6, 6.07) is 6.92. The fraction of sp³-hybridized carbons (Fsp3) is 0.417. The Morgan fingerprint density at radius 1 is 1.23 bits per heavy atom. The molecule has 1 aliphatic rings. The highest BCUT2D eigenvalue weighted by Gasteiger charge is 2.48. The summed E-state index contributed by atoms with van der Waals surface area (Å²) in [4.78, 5) is 38.5. The van der Waals surface area contributed by atoms with Gasteiger partial charge in [-0.1, -0.05) is 13.8 Å². The van der Waals surface area contributed by atoms with Gasteiger partial charge in [-0.25, -0.2) is 14.0 Å². The number of esters is 1. The van der Waals surface area contributed by atoms with Crippen LogP contribution in [0.4, 0.5) is 4.39 Å². The van der Waals surface area contributed by atoms with Crippen LogP contribution >= 0.6 is 23.7 Å². The smallest absolute Gasteiger partial charge is 0.353 e. The number of amidine groups is 1. The summed E-state index contributed by atoms with van der Waals surface area (Å²) in [5, 5.41) is 19.7. The first-order valence-electron chi connectivity index (χ1n) is 11.1. The van der Waals surface area contributed by atoms with Gasteiger partial charge < -0.3 is 20.9 Å². The molecule has 35 heavy (non-hydrogen) atoms. The van der Waals surface area contributed by atoms with Crippen LogP contribution in [0.15, 0.2) is 30.3 Å². The van der Waals surface area contributed by atoms with Crippen LogP contribution in [-0.2, 0) is 16.0 Å². The van der Waals surface area contributed by atoms with Crippen molar-refractivity contribution in [2.45, 2.75) is 57.9 Å². The highest BCUT2D eigenvalue weighted by Crippen LogP contribution is 2.38. The van der Waals surface area contributed by atoms with E-state index >= 15 is 0 Å². The van der Waals surface area contributed by atoms with Gasteiger partial charge in [-0.3, -0.25) is 10.2 Å². The Kier molecular flexibility index (Phi) is 9.02. The summed E-state index contributed by atoms with van der Waals surface area (Å²) < 4.78 is 19.4. The van der Waals surface area contributed by atoms with Crippen LogP contribution in [-0.4, -0.2) is 34.3 Å². The number of hydrogen-bond acceptors (Lipinski definition) is 6. The van der Waals surface area contributed by atoms with Crippen molar-refractivity contribution in [2.24, 2.45) is 11.1 Å². The first-order chi connectivity index (χ1) is 16.1. The number of halogens is 2. The van der Waals surface area contributed by atoms with Gasteiger partial charge in [0, 0.05) is 10.4 Å². The monoisotopic (exact) mass is 525 g/mol. The minimum Gasteiger partial charge on any atom is -0.480 e. The van der Waals surface area contributed by atoms with Gasteiger partial charge in [0.25, 0.3) is 0 Å². The van der Waals surface area contributed by atoms with E-state index in [0.717, 1.165) is 28.7 Å². The lowest BCUT2D eigenvalue weighted by Gasteiger charge is -2.41. The first-order valence-corrected chi connectivity index (χ1v) is 11.9. The Balaban J connectivity index is 0.00000432. The van der Waals surface area contributed by atoms with Crippen molar-refractivity contribution in [2.75, 3.05) is 0 Å². The van der Waals surface area contributed by atoms with Crippen molar-refractivity contribution in [3.8, 4) is 5.75 Å². The van der Waals surface area contributed by atoms with Crippen LogP contribution in [0.25, 0.3) is 0 Å². The van der Waals surface area contributed by atoms with E-state index in [-0.39, 0.29) is 40.3 Å². The number of amides is 1. The fourth-order valence-corrected chi connectivity index (χ4v) is 5.02. The third-order valence-corrected chi connectivity index (χ3v) is 7.69. The molecule has 1 aromatic carbocycles. The summed E-state index contributed by atoms with van der Waals surface area (Å²) >= 11 is 1.15. The van der Waals surface area contributed by atoms with Gasteiger partial charge in [-0.05, 0) is 68.9 Å². The lowest BCUT2D eigenvalue weighted by Crippen LogP contribution is -2.62. The maximum atomic E-state index is 14.2. The fourth-order valence-electron chi connectivity index (χ4n) is 3.99. The molecule has 3 rings (SSSR count). The number of carboxylic acids is 1. The molecule has 0 radical (unpaired) electrons. The lowest BCUT2D eigenvalue weighted by molar-refractivity contribution is -0.154. The van der Waals surface area contributed by atoms with Crippen LogP contribution in [0.1, 0.15) is 66.1 Å². The van der Waals surface area contributed by atoms with E-state index in [2.05, 4.69) is 5.32 Å². The molecule has 0 spiro atoms. The molecule has 0 unspecified atom stereocenters. The molecule has 0 saturated heterocycles. The molecule has 0 atom stereocenters. The summed E-state index contributed by atoms with van der Waals surface area (Å²) in [5.41, 5.74) is 3.50. The van der Waals surface area contributed by atoms with Gasteiger partial charge in [0.05, 0.1) is 5.41 Å². The summed E-state index contributed by atoms with van der Waals surface area (Å²) in [6.45, 7) is 3.76. The number of nitrogens with two attached hydrogens (primary N) is 1. The number of aliphatic carboxylic acids is 1. The van der Waals surface area contributed by atoms with E-state index in [0.29, 0.717) is 32.1 Å². The molecule has 190 valence electrons. The molecule has 1 aliphatic carbocycles. The molecule has 8 nitrogen and oxygen atoms in total. The molecule has 1 fully saturated rings. The van der Waals surface area contributed by atoms with Crippen molar-refractivity contribution < 1.29 is 28.6 Å². The normalized spacial score (nSPS) is 14.3. The molecular formula is C24H29ClFN3O5S.